The normalized spacial score (nSPS) is 10.9. The molecule has 2 rings (SSSR count). The number of rotatable bonds is 8. The molecule has 0 fully saturated rings. The molecule has 106 valence electrons. The molecule has 0 aromatic heterocycles. The highest BCUT2D eigenvalue weighted by Gasteiger charge is 2.13. The smallest absolute Gasteiger partial charge is 0.0546 e. The molecular weight excluding hydrogens is 260 g/mol. The number of thioether (sulfide) groups is 1. The summed E-state index contributed by atoms with van der Waals surface area (Å²) >= 11 is 2.08. The van der Waals surface area contributed by atoms with Crippen molar-refractivity contribution in [2.24, 2.45) is 0 Å². The minimum atomic E-state index is 0.471. The molecule has 0 spiro atoms. The summed E-state index contributed by atoms with van der Waals surface area (Å²) in [4.78, 5) is 0. The van der Waals surface area contributed by atoms with Crippen molar-refractivity contribution in [2.45, 2.75) is 37.9 Å². The lowest BCUT2D eigenvalue weighted by Gasteiger charge is -2.17. The van der Waals surface area contributed by atoms with E-state index in [2.05, 4.69) is 79.3 Å². The molecule has 1 heteroatoms. The van der Waals surface area contributed by atoms with Crippen molar-refractivity contribution in [1.29, 1.82) is 0 Å². The quantitative estimate of drug-likeness (QED) is 0.529. The van der Waals surface area contributed by atoms with Gasteiger partial charge in [-0.2, -0.15) is 0 Å². The highest BCUT2D eigenvalue weighted by atomic mass is 32.2. The van der Waals surface area contributed by atoms with Gasteiger partial charge < -0.3 is 0 Å². The van der Waals surface area contributed by atoms with E-state index in [9.17, 15) is 0 Å². The second-order valence-corrected chi connectivity index (χ2v) is 6.35. The first kappa shape index (κ1) is 15.2. The third-order valence-electron chi connectivity index (χ3n) is 3.49. The van der Waals surface area contributed by atoms with Gasteiger partial charge in [0.25, 0.3) is 0 Å². The van der Waals surface area contributed by atoms with Gasteiger partial charge in [-0.05, 0) is 23.3 Å². The first-order valence-corrected chi connectivity index (χ1v) is 8.68. The Balaban J connectivity index is 2.02. The van der Waals surface area contributed by atoms with E-state index in [0.717, 1.165) is 0 Å². The summed E-state index contributed by atoms with van der Waals surface area (Å²) in [6.45, 7) is 2.27. The summed E-state index contributed by atoms with van der Waals surface area (Å²) in [7, 11) is 0. The van der Waals surface area contributed by atoms with Crippen LogP contribution < -0.4 is 0 Å². The van der Waals surface area contributed by atoms with Crippen LogP contribution in [0, 0.1) is 0 Å². The minimum Gasteiger partial charge on any atom is -0.149 e. The van der Waals surface area contributed by atoms with Crippen LogP contribution in [0.25, 0.3) is 0 Å². The lowest BCUT2D eigenvalue weighted by atomic mass is 10.0. The predicted molar refractivity (Wildman–Crippen MR) is 91.3 cm³/mol. The average molecular weight is 284 g/mol. The zero-order valence-electron chi connectivity index (χ0n) is 12.3. The van der Waals surface area contributed by atoms with Crippen molar-refractivity contribution in [2.75, 3.05) is 5.75 Å². The fourth-order valence-electron chi connectivity index (χ4n) is 2.37. The molecule has 2 aromatic rings. The minimum absolute atomic E-state index is 0.471. The van der Waals surface area contributed by atoms with Crippen LogP contribution in [0.5, 0.6) is 0 Å². The van der Waals surface area contributed by atoms with E-state index < -0.39 is 0 Å². The molecular formula is C19H24S. The van der Waals surface area contributed by atoms with E-state index in [1.165, 1.54) is 42.6 Å². The molecule has 0 aliphatic heterocycles. The van der Waals surface area contributed by atoms with Gasteiger partial charge in [0.05, 0.1) is 5.25 Å². The summed E-state index contributed by atoms with van der Waals surface area (Å²) in [5, 5.41) is 0.471. The largest absolute Gasteiger partial charge is 0.149 e. The molecule has 0 heterocycles. The van der Waals surface area contributed by atoms with Crippen LogP contribution in [0.3, 0.4) is 0 Å². The summed E-state index contributed by atoms with van der Waals surface area (Å²) in [5.74, 6) is 1.24. The number of hydrogen-bond acceptors (Lipinski definition) is 1. The molecule has 0 saturated carbocycles. The van der Waals surface area contributed by atoms with E-state index in [4.69, 9.17) is 0 Å². The average Bonchev–Trinajstić information content (AvgIpc) is 2.53. The molecule has 0 saturated heterocycles. The first-order chi connectivity index (χ1) is 9.92. The van der Waals surface area contributed by atoms with Gasteiger partial charge in [0.2, 0.25) is 0 Å². The zero-order valence-corrected chi connectivity index (χ0v) is 13.1. The van der Waals surface area contributed by atoms with E-state index in [0.29, 0.717) is 5.25 Å². The van der Waals surface area contributed by atoms with Crippen molar-refractivity contribution in [3.63, 3.8) is 0 Å². The molecule has 20 heavy (non-hydrogen) atoms. The van der Waals surface area contributed by atoms with Crippen LogP contribution >= 0.6 is 11.8 Å². The van der Waals surface area contributed by atoms with Crippen molar-refractivity contribution in [1.82, 2.24) is 0 Å². The van der Waals surface area contributed by atoms with Crippen LogP contribution in [-0.4, -0.2) is 5.75 Å². The van der Waals surface area contributed by atoms with E-state index in [-0.39, 0.29) is 0 Å². The number of unbranched alkanes of at least 4 members (excludes halogenated alkanes) is 3. The molecule has 0 N–H and O–H groups in total. The summed E-state index contributed by atoms with van der Waals surface area (Å²) in [5.41, 5.74) is 2.83. The van der Waals surface area contributed by atoms with E-state index in [1.54, 1.807) is 0 Å². The Labute approximate surface area is 127 Å². The standard InChI is InChI=1S/C19H24S/c1-2-3-4-11-16-20-19(17-12-7-5-8-13-17)18-14-9-6-10-15-18/h5-10,12-15,19H,2-4,11,16H2,1H3. The molecule has 0 amide bonds. The van der Waals surface area contributed by atoms with Crippen LogP contribution in [-0.2, 0) is 0 Å². The Morgan fingerprint density at radius 3 is 1.80 bits per heavy atom. The molecule has 0 unspecified atom stereocenters. The van der Waals surface area contributed by atoms with Crippen molar-refractivity contribution < 1.29 is 0 Å². The van der Waals surface area contributed by atoms with Gasteiger partial charge in [0, 0.05) is 0 Å². The van der Waals surface area contributed by atoms with Gasteiger partial charge in [0.15, 0.2) is 0 Å². The van der Waals surface area contributed by atoms with Crippen molar-refractivity contribution in [3.8, 4) is 0 Å². The van der Waals surface area contributed by atoms with E-state index >= 15 is 0 Å². The topological polar surface area (TPSA) is 0 Å². The van der Waals surface area contributed by atoms with E-state index in [1.807, 2.05) is 0 Å². The molecule has 2 aromatic carbocycles. The monoisotopic (exact) mass is 284 g/mol. The highest BCUT2D eigenvalue weighted by Crippen LogP contribution is 2.35. The Kier molecular flexibility index (Phi) is 6.73. The van der Waals surface area contributed by atoms with Crippen molar-refractivity contribution in [3.05, 3.63) is 71.8 Å². The van der Waals surface area contributed by atoms with Crippen LogP contribution in [0.4, 0.5) is 0 Å². The summed E-state index contributed by atoms with van der Waals surface area (Å²) < 4.78 is 0. The maximum Gasteiger partial charge on any atom is 0.0546 e. The van der Waals surface area contributed by atoms with Crippen LogP contribution in [0.1, 0.15) is 49.0 Å². The lowest BCUT2D eigenvalue weighted by Crippen LogP contribution is -1.98. The molecule has 0 nitrogen and oxygen atoms in total. The second kappa shape index (κ2) is 8.86. The van der Waals surface area contributed by atoms with Gasteiger partial charge in [-0.25, -0.2) is 0 Å². The molecule has 0 aliphatic rings. The third kappa shape index (κ3) is 4.72. The second-order valence-electron chi connectivity index (χ2n) is 5.13. The maximum absolute atomic E-state index is 2.27. The summed E-state index contributed by atoms with van der Waals surface area (Å²) in [6, 6.07) is 21.7. The SMILES string of the molecule is CCCCCCSC(c1ccccc1)c1ccccc1. The van der Waals surface area contributed by atoms with Crippen molar-refractivity contribution >= 4 is 11.8 Å². The predicted octanol–water partition coefficient (Wildman–Crippen LogP) is 6.09. The molecule has 0 bridgehead atoms. The van der Waals surface area contributed by atoms with Gasteiger partial charge >= 0.3 is 0 Å². The van der Waals surface area contributed by atoms with Gasteiger partial charge in [0.1, 0.15) is 0 Å². The molecule has 0 atom stereocenters. The van der Waals surface area contributed by atoms with Gasteiger partial charge in [-0.15, -0.1) is 11.8 Å². The number of hydrogen-bond donors (Lipinski definition) is 0. The highest BCUT2D eigenvalue weighted by molar-refractivity contribution is 7.99. The van der Waals surface area contributed by atoms with Gasteiger partial charge in [-0.3, -0.25) is 0 Å². The molecule has 0 radical (unpaired) electrons. The zero-order chi connectivity index (χ0) is 14.0. The molecule has 0 aliphatic carbocycles. The van der Waals surface area contributed by atoms with Crippen LogP contribution in [0.2, 0.25) is 0 Å². The Bertz CT molecular complexity index is 424. The Hall–Kier alpha value is -1.21. The third-order valence-corrected chi connectivity index (χ3v) is 4.89. The first-order valence-electron chi connectivity index (χ1n) is 7.63. The number of benzene rings is 2. The lowest BCUT2D eigenvalue weighted by molar-refractivity contribution is 0.706. The Morgan fingerprint density at radius 1 is 0.750 bits per heavy atom. The maximum atomic E-state index is 2.27. The fourth-order valence-corrected chi connectivity index (χ4v) is 3.68. The summed E-state index contributed by atoms with van der Waals surface area (Å²) in [6.07, 6.45) is 5.36. The Morgan fingerprint density at radius 2 is 1.30 bits per heavy atom. The fraction of sp³-hybridized carbons (Fsp3) is 0.368. The van der Waals surface area contributed by atoms with Crippen LogP contribution in [0.15, 0.2) is 60.7 Å². The van der Waals surface area contributed by atoms with Gasteiger partial charge in [-0.1, -0.05) is 86.8 Å².